The Morgan fingerprint density at radius 2 is 1.30 bits per heavy atom. The fraction of sp³-hybridized carbons (Fsp3) is 0.269. The normalized spacial score (nSPS) is 10.9. The van der Waals surface area contributed by atoms with Crippen LogP contribution in [0.2, 0.25) is 0 Å². The van der Waals surface area contributed by atoms with Gasteiger partial charge in [-0.2, -0.15) is 0 Å². The minimum atomic E-state index is 0. The quantitative estimate of drug-likeness (QED) is 0.223. The lowest BCUT2D eigenvalue weighted by Gasteiger charge is -2.21. The molecule has 3 aromatic carbocycles. The molecule has 0 bridgehead atoms. The van der Waals surface area contributed by atoms with Crippen molar-refractivity contribution in [3.05, 3.63) is 89.5 Å². The van der Waals surface area contributed by atoms with Gasteiger partial charge in [0, 0.05) is 26.1 Å². The number of nitrogens with one attached hydrogen (secondary N) is 2. The zero-order chi connectivity index (χ0) is 22.8. The molecule has 0 heterocycles. The van der Waals surface area contributed by atoms with Gasteiger partial charge in [0.25, 0.3) is 0 Å². The van der Waals surface area contributed by atoms with Crippen molar-refractivity contribution in [2.24, 2.45) is 4.99 Å². The van der Waals surface area contributed by atoms with Gasteiger partial charge in [-0.3, -0.25) is 4.99 Å². The van der Waals surface area contributed by atoms with E-state index in [0.717, 1.165) is 11.5 Å². The third-order valence-corrected chi connectivity index (χ3v) is 5.29. The van der Waals surface area contributed by atoms with Crippen molar-refractivity contribution in [2.45, 2.75) is 12.5 Å². The van der Waals surface area contributed by atoms with Crippen LogP contribution in [0.3, 0.4) is 0 Å². The molecule has 6 nitrogen and oxygen atoms in total. The molecule has 7 heteroatoms. The Morgan fingerprint density at radius 1 is 0.788 bits per heavy atom. The van der Waals surface area contributed by atoms with Gasteiger partial charge >= 0.3 is 0 Å². The maximum atomic E-state index is 5.45. The second kappa shape index (κ2) is 13.6. The van der Waals surface area contributed by atoms with Crippen molar-refractivity contribution < 1.29 is 14.2 Å². The van der Waals surface area contributed by atoms with Crippen LogP contribution in [0.5, 0.6) is 17.2 Å². The Kier molecular flexibility index (Phi) is 10.8. The molecule has 0 aromatic heterocycles. The highest BCUT2D eigenvalue weighted by Gasteiger charge is 2.16. The number of rotatable bonds is 9. The first kappa shape index (κ1) is 26.3. The maximum Gasteiger partial charge on any atom is 0.203 e. The number of halogens is 1. The molecule has 0 amide bonds. The second-order valence-electron chi connectivity index (χ2n) is 7.21. The average molecular weight is 561 g/mol. The molecule has 0 aliphatic heterocycles. The first-order chi connectivity index (χ1) is 15.7. The van der Waals surface area contributed by atoms with E-state index in [1.807, 2.05) is 24.3 Å². The van der Waals surface area contributed by atoms with Gasteiger partial charge < -0.3 is 24.8 Å². The van der Waals surface area contributed by atoms with Gasteiger partial charge in [0.05, 0.1) is 21.3 Å². The Balaban J connectivity index is 0.00000385. The summed E-state index contributed by atoms with van der Waals surface area (Å²) in [5, 5.41) is 6.84. The largest absolute Gasteiger partial charge is 0.493 e. The van der Waals surface area contributed by atoms with E-state index >= 15 is 0 Å². The van der Waals surface area contributed by atoms with Crippen molar-refractivity contribution in [1.82, 2.24) is 10.6 Å². The van der Waals surface area contributed by atoms with E-state index < -0.39 is 0 Å². The molecule has 0 saturated heterocycles. The van der Waals surface area contributed by atoms with Gasteiger partial charge in [-0.25, -0.2) is 0 Å². The van der Waals surface area contributed by atoms with E-state index in [1.165, 1.54) is 11.1 Å². The molecule has 3 aromatic rings. The molecule has 0 atom stereocenters. The number of aliphatic imine (C=N–C) groups is 1. The van der Waals surface area contributed by atoms with E-state index in [2.05, 4.69) is 64.2 Å². The zero-order valence-corrected chi connectivity index (χ0v) is 21.8. The lowest BCUT2D eigenvalue weighted by molar-refractivity contribution is 0.323. The van der Waals surface area contributed by atoms with Gasteiger partial charge in [-0.05, 0) is 28.8 Å². The molecule has 176 valence electrons. The lowest BCUT2D eigenvalue weighted by Crippen LogP contribution is -2.39. The van der Waals surface area contributed by atoms with Crippen molar-refractivity contribution in [3.63, 3.8) is 0 Å². The molecule has 0 aliphatic rings. The summed E-state index contributed by atoms with van der Waals surface area (Å²) in [4.78, 5) is 4.39. The van der Waals surface area contributed by atoms with Crippen molar-refractivity contribution in [2.75, 3.05) is 34.9 Å². The van der Waals surface area contributed by atoms with Crippen LogP contribution in [0.1, 0.15) is 22.6 Å². The fourth-order valence-electron chi connectivity index (χ4n) is 3.64. The smallest absolute Gasteiger partial charge is 0.203 e. The van der Waals surface area contributed by atoms with Crippen LogP contribution in [0.15, 0.2) is 77.8 Å². The average Bonchev–Trinajstić information content (AvgIpc) is 2.86. The maximum absolute atomic E-state index is 5.45. The third kappa shape index (κ3) is 7.02. The Bertz CT molecular complexity index is 949. The number of methoxy groups -OCH3 is 3. The van der Waals surface area contributed by atoms with Gasteiger partial charge in [-0.15, -0.1) is 24.0 Å². The lowest BCUT2D eigenvalue weighted by atomic mass is 9.91. The van der Waals surface area contributed by atoms with E-state index in [0.29, 0.717) is 30.3 Å². The molecule has 3 rings (SSSR count). The van der Waals surface area contributed by atoms with Gasteiger partial charge in [0.15, 0.2) is 17.5 Å². The molecule has 0 unspecified atom stereocenters. The summed E-state index contributed by atoms with van der Waals surface area (Å²) in [7, 11) is 6.59. The molecule has 0 spiro atoms. The van der Waals surface area contributed by atoms with Crippen LogP contribution in [-0.2, 0) is 6.54 Å². The topological polar surface area (TPSA) is 64.1 Å². The highest BCUT2D eigenvalue weighted by atomic mass is 127. The Labute approximate surface area is 213 Å². The molecular weight excluding hydrogens is 529 g/mol. The van der Waals surface area contributed by atoms with E-state index in [4.69, 9.17) is 14.2 Å². The molecule has 0 fully saturated rings. The summed E-state index contributed by atoms with van der Waals surface area (Å²) in [6.07, 6.45) is 0. The SMILES string of the molecule is CN=C(NCc1cc(OC)c(OC)c(OC)c1)NCC(c1ccccc1)c1ccccc1.I. The van der Waals surface area contributed by atoms with Crippen LogP contribution in [0.25, 0.3) is 0 Å². The minimum absolute atomic E-state index is 0. The summed E-state index contributed by atoms with van der Waals surface area (Å²) >= 11 is 0. The van der Waals surface area contributed by atoms with Crippen LogP contribution in [0, 0.1) is 0 Å². The highest BCUT2D eigenvalue weighted by Crippen LogP contribution is 2.38. The summed E-state index contributed by atoms with van der Waals surface area (Å²) in [6, 6.07) is 24.9. The van der Waals surface area contributed by atoms with Crippen LogP contribution < -0.4 is 24.8 Å². The highest BCUT2D eigenvalue weighted by molar-refractivity contribution is 14.0. The van der Waals surface area contributed by atoms with Crippen molar-refractivity contribution in [3.8, 4) is 17.2 Å². The first-order valence-corrected chi connectivity index (χ1v) is 10.5. The van der Waals surface area contributed by atoms with Gasteiger partial charge in [-0.1, -0.05) is 60.7 Å². The molecule has 0 radical (unpaired) electrons. The zero-order valence-electron chi connectivity index (χ0n) is 19.5. The number of benzene rings is 3. The predicted molar refractivity (Wildman–Crippen MR) is 144 cm³/mol. The Hall–Kier alpha value is -2.94. The monoisotopic (exact) mass is 561 g/mol. The van der Waals surface area contributed by atoms with Crippen LogP contribution in [0.4, 0.5) is 0 Å². The second-order valence-corrected chi connectivity index (χ2v) is 7.21. The molecule has 33 heavy (non-hydrogen) atoms. The third-order valence-electron chi connectivity index (χ3n) is 5.29. The van der Waals surface area contributed by atoms with Gasteiger partial charge in [0.1, 0.15) is 0 Å². The van der Waals surface area contributed by atoms with Crippen LogP contribution in [-0.4, -0.2) is 40.9 Å². The summed E-state index contributed by atoms with van der Waals surface area (Å²) in [6.45, 7) is 1.26. The number of nitrogens with zero attached hydrogens (tertiary/aromatic N) is 1. The summed E-state index contributed by atoms with van der Waals surface area (Å²) in [5.74, 6) is 2.75. The fourth-order valence-corrected chi connectivity index (χ4v) is 3.64. The van der Waals surface area contributed by atoms with Crippen molar-refractivity contribution >= 4 is 29.9 Å². The first-order valence-electron chi connectivity index (χ1n) is 10.5. The predicted octanol–water partition coefficient (Wildman–Crippen LogP) is 4.83. The van der Waals surface area contributed by atoms with E-state index in [1.54, 1.807) is 28.4 Å². The number of guanidine groups is 1. The van der Waals surface area contributed by atoms with E-state index in [9.17, 15) is 0 Å². The number of ether oxygens (including phenoxy) is 3. The number of hydrogen-bond acceptors (Lipinski definition) is 4. The molecule has 2 N–H and O–H groups in total. The number of hydrogen-bond donors (Lipinski definition) is 2. The molecule has 0 aliphatic carbocycles. The Morgan fingerprint density at radius 3 is 1.73 bits per heavy atom. The van der Waals surface area contributed by atoms with Gasteiger partial charge in [0.2, 0.25) is 5.75 Å². The van der Waals surface area contributed by atoms with E-state index in [-0.39, 0.29) is 29.9 Å². The molecule has 0 saturated carbocycles. The standard InChI is InChI=1S/C26H31N3O3.HI/c1-27-26(28-17-19-15-23(30-2)25(32-4)24(16-19)31-3)29-18-22(20-11-7-5-8-12-20)21-13-9-6-10-14-21;/h5-16,22H,17-18H2,1-4H3,(H2,27,28,29);1H. The molecular formula is C26H32IN3O3. The summed E-state index contributed by atoms with van der Waals surface area (Å²) < 4.78 is 16.3. The van der Waals surface area contributed by atoms with Crippen LogP contribution >= 0.6 is 24.0 Å². The van der Waals surface area contributed by atoms with Crippen molar-refractivity contribution in [1.29, 1.82) is 0 Å². The summed E-state index contributed by atoms with van der Waals surface area (Å²) in [5.41, 5.74) is 3.50. The minimum Gasteiger partial charge on any atom is -0.493 e.